The SMILES string of the molecule is CC(C)CC(C)N(C)c1ccc(CCl)nn1. The van der Waals surface area contributed by atoms with Gasteiger partial charge in [-0.05, 0) is 31.4 Å². The van der Waals surface area contributed by atoms with Crippen LogP contribution in [0.4, 0.5) is 5.82 Å². The van der Waals surface area contributed by atoms with Crippen LogP contribution in [0.1, 0.15) is 32.9 Å². The third kappa shape index (κ3) is 3.63. The molecule has 1 aromatic rings. The Balaban J connectivity index is 2.67. The zero-order chi connectivity index (χ0) is 12.1. The van der Waals surface area contributed by atoms with Crippen molar-refractivity contribution in [3.05, 3.63) is 17.8 Å². The summed E-state index contributed by atoms with van der Waals surface area (Å²) < 4.78 is 0. The Kier molecular flexibility index (Phi) is 5.00. The summed E-state index contributed by atoms with van der Waals surface area (Å²) in [4.78, 5) is 2.16. The number of rotatable bonds is 5. The highest BCUT2D eigenvalue weighted by Gasteiger charge is 2.12. The summed E-state index contributed by atoms with van der Waals surface area (Å²) in [5.41, 5.74) is 0.815. The minimum absolute atomic E-state index is 0.415. The van der Waals surface area contributed by atoms with E-state index in [1.807, 2.05) is 12.1 Å². The van der Waals surface area contributed by atoms with Crippen molar-refractivity contribution in [1.29, 1.82) is 0 Å². The van der Waals surface area contributed by atoms with Crippen LogP contribution in [0, 0.1) is 5.92 Å². The molecule has 0 fully saturated rings. The number of alkyl halides is 1. The highest BCUT2D eigenvalue weighted by atomic mass is 35.5. The molecule has 1 aromatic heterocycles. The molecule has 0 saturated carbocycles. The van der Waals surface area contributed by atoms with Crippen LogP contribution >= 0.6 is 11.6 Å². The molecule has 0 spiro atoms. The van der Waals surface area contributed by atoms with Crippen molar-refractivity contribution in [2.45, 2.75) is 39.1 Å². The van der Waals surface area contributed by atoms with Gasteiger partial charge in [0.25, 0.3) is 0 Å². The molecule has 0 saturated heterocycles. The first-order valence-corrected chi connectivity index (χ1v) is 6.19. The van der Waals surface area contributed by atoms with Gasteiger partial charge in [0.2, 0.25) is 0 Å². The van der Waals surface area contributed by atoms with Crippen molar-refractivity contribution >= 4 is 17.4 Å². The minimum Gasteiger partial charge on any atom is -0.355 e. The smallest absolute Gasteiger partial charge is 0.151 e. The lowest BCUT2D eigenvalue weighted by Gasteiger charge is -2.26. The second-order valence-corrected chi connectivity index (χ2v) is 4.87. The Bertz CT molecular complexity index is 311. The van der Waals surface area contributed by atoms with Crippen LogP contribution in [-0.2, 0) is 5.88 Å². The maximum atomic E-state index is 5.67. The molecule has 0 aliphatic heterocycles. The van der Waals surface area contributed by atoms with E-state index in [4.69, 9.17) is 11.6 Å². The topological polar surface area (TPSA) is 29.0 Å². The van der Waals surface area contributed by atoms with Crippen LogP contribution in [0.15, 0.2) is 12.1 Å². The maximum absolute atomic E-state index is 5.67. The Morgan fingerprint density at radius 3 is 2.38 bits per heavy atom. The molecule has 16 heavy (non-hydrogen) atoms. The summed E-state index contributed by atoms with van der Waals surface area (Å²) in [5, 5.41) is 8.23. The van der Waals surface area contributed by atoms with E-state index in [1.54, 1.807) is 0 Å². The van der Waals surface area contributed by atoms with Gasteiger partial charge in [0.1, 0.15) is 0 Å². The summed E-state index contributed by atoms with van der Waals surface area (Å²) in [5.74, 6) is 2.01. The van der Waals surface area contributed by atoms with E-state index in [1.165, 1.54) is 0 Å². The fourth-order valence-electron chi connectivity index (χ4n) is 1.68. The van der Waals surface area contributed by atoms with Gasteiger partial charge >= 0.3 is 0 Å². The summed E-state index contributed by atoms with van der Waals surface area (Å²) in [7, 11) is 2.05. The first kappa shape index (κ1) is 13.2. The molecule has 0 aliphatic carbocycles. The van der Waals surface area contributed by atoms with Crippen LogP contribution < -0.4 is 4.90 Å². The number of hydrogen-bond acceptors (Lipinski definition) is 3. The molecule has 0 bridgehead atoms. The van der Waals surface area contributed by atoms with Crippen LogP contribution in [0.25, 0.3) is 0 Å². The zero-order valence-electron chi connectivity index (χ0n) is 10.4. The molecule has 4 heteroatoms. The van der Waals surface area contributed by atoms with Gasteiger partial charge in [-0.15, -0.1) is 16.7 Å². The molecule has 0 aromatic carbocycles. The lowest BCUT2D eigenvalue weighted by Crippen LogP contribution is -2.30. The van der Waals surface area contributed by atoms with Gasteiger partial charge in [-0.1, -0.05) is 13.8 Å². The number of hydrogen-bond donors (Lipinski definition) is 0. The molecular weight excluding hydrogens is 222 g/mol. The van der Waals surface area contributed by atoms with Crippen LogP contribution in [0.5, 0.6) is 0 Å². The Labute approximate surface area is 103 Å². The van der Waals surface area contributed by atoms with Crippen molar-refractivity contribution < 1.29 is 0 Å². The molecule has 90 valence electrons. The van der Waals surface area contributed by atoms with E-state index in [0.717, 1.165) is 17.9 Å². The number of aromatic nitrogens is 2. The molecule has 0 radical (unpaired) electrons. The number of nitrogens with zero attached hydrogens (tertiary/aromatic N) is 3. The van der Waals surface area contributed by atoms with Crippen molar-refractivity contribution in [2.24, 2.45) is 5.92 Å². The summed E-state index contributed by atoms with van der Waals surface area (Å²) >= 11 is 5.67. The Morgan fingerprint density at radius 1 is 1.25 bits per heavy atom. The van der Waals surface area contributed by atoms with E-state index in [9.17, 15) is 0 Å². The van der Waals surface area contributed by atoms with E-state index in [0.29, 0.717) is 17.8 Å². The van der Waals surface area contributed by atoms with Crippen LogP contribution in [-0.4, -0.2) is 23.3 Å². The predicted molar refractivity (Wildman–Crippen MR) is 68.9 cm³/mol. The molecular formula is C12H20ClN3. The molecule has 0 aliphatic rings. The third-order valence-corrected chi connectivity index (χ3v) is 2.95. The van der Waals surface area contributed by atoms with Gasteiger partial charge in [0, 0.05) is 13.1 Å². The minimum atomic E-state index is 0.415. The van der Waals surface area contributed by atoms with Crippen LogP contribution in [0.3, 0.4) is 0 Å². The normalized spacial score (nSPS) is 12.9. The number of halogens is 1. The maximum Gasteiger partial charge on any atom is 0.151 e. The van der Waals surface area contributed by atoms with Gasteiger partial charge in [0.05, 0.1) is 11.6 Å². The standard InChI is InChI=1S/C12H20ClN3/c1-9(2)7-10(3)16(4)12-6-5-11(8-13)14-15-12/h5-6,9-10H,7-8H2,1-4H3. The quantitative estimate of drug-likeness (QED) is 0.742. The first-order chi connectivity index (χ1) is 7.54. The van der Waals surface area contributed by atoms with E-state index >= 15 is 0 Å². The highest BCUT2D eigenvalue weighted by molar-refractivity contribution is 6.16. The molecule has 1 unspecified atom stereocenters. The summed E-state index contributed by atoms with van der Waals surface area (Å²) in [6.07, 6.45) is 1.15. The lowest BCUT2D eigenvalue weighted by atomic mass is 10.0. The van der Waals surface area contributed by atoms with Crippen molar-refractivity contribution in [3.8, 4) is 0 Å². The fraction of sp³-hybridized carbons (Fsp3) is 0.667. The van der Waals surface area contributed by atoms with Crippen molar-refractivity contribution in [3.63, 3.8) is 0 Å². The summed E-state index contributed by atoms with van der Waals surface area (Å²) in [6, 6.07) is 4.37. The molecule has 1 rings (SSSR count). The van der Waals surface area contributed by atoms with Gasteiger partial charge in [0.15, 0.2) is 5.82 Å². The third-order valence-electron chi connectivity index (χ3n) is 2.68. The Morgan fingerprint density at radius 2 is 1.94 bits per heavy atom. The van der Waals surface area contributed by atoms with Gasteiger partial charge in [-0.3, -0.25) is 0 Å². The Hall–Kier alpha value is -0.830. The molecule has 0 amide bonds. The van der Waals surface area contributed by atoms with Crippen molar-refractivity contribution in [2.75, 3.05) is 11.9 Å². The van der Waals surface area contributed by atoms with Crippen LogP contribution in [0.2, 0.25) is 0 Å². The number of anilines is 1. The molecule has 1 heterocycles. The monoisotopic (exact) mass is 241 g/mol. The van der Waals surface area contributed by atoms with Gasteiger partial charge in [-0.2, -0.15) is 5.10 Å². The first-order valence-electron chi connectivity index (χ1n) is 5.66. The second-order valence-electron chi connectivity index (χ2n) is 4.61. The van der Waals surface area contributed by atoms with E-state index in [-0.39, 0.29) is 0 Å². The molecule has 3 nitrogen and oxygen atoms in total. The van der Waals surface area contributed by atoms with Crippen molar-refractivity contribution in [1.82, 2.24) is 10.2 Å². The summed E-state index contributed by atoms with van der Waals surface area (Å²) in [6.45, 7) is 6.66. The van der Waals surface area contributed by atoms with Gasteiger partial charge < -0.3 is 4.90 Å². The fourth-order valence-corrected chi connectivity index (χ4v) is 1.82. The van der Waals surface area contributed by atoms with Gasteiger partial charge in [-0.25, -0.2) is 0 Å². The molecule has 0 N–H and O–H groups in total. The zero-order valence-corrected chi connectivity index (χ0v) is 11.2. The average Bonchev–Trinajstić information content (AvgIpc) is 2.27. The lowest BCUT2D eigenvalue weighted by molar-refractivity contribution is 0.501. The largest absolute Gasteiger partial charge is 0.355 e. The van der Waals surface area contributed by atoms with E-state index in [2.05, 4.69) is 42.9 Å². The predicted octanol–water partition coefficient (Wildman–Crippen LogP) is 3.09. The average molecular weight is 242 g/mol. The molecule has 1 atom stereocenters. The second kappa shape index (κ2) is 6.04. The highest BCUT2D eigenvalue weighted by Crippen LogP contribution is 2.16. The van der Waals surface area contributed by atoms with E-state index < -0.39 is 0 Å².